The number of hydrogen-bond acceptors (Lipinski definition) is 9. The van der Waals surface area contributed by atoms with Crippen molar-refractivity contribution in [3.05, 3.63) is 58.3 Å². The van der Waals surface area contributed by atoms with Crippen molar-refractivity contribution in [2.45, 2.75) is 32.2 Å². The second-order valence-corrected chi connectivity index (χ2v) is 8.91. The fourth-order valence-corrected chi connectivity index (χ4v) is 4.41. The molecule has 0 radical (unpaired) electrons. The van der Waals surface area contributed by atoms with Crippen LogP contribution in [0.15, 0.2) is 42.1 Å². The zero-order valence-corrected chi connectivity index (χ0v) is 20.4. The lowest BCUT2D eigenvalue weighted by molar-refractivity contribution is -0.113. The van der Waals surface area contributed by atoms with Crippen LogP contribution in [0.25, 0.3) is 0 Å². The van der Waals surface area contributed by atoms with E-state index in [-0.39, 0.29) is 24.9 Å². The monoisotopic (exact) mass is 507 g/mol. The number of carbonyl (C=O) groups excluding carboxylic acids is 2. The van der Waals surface area contributed by atoms with Gasteiger partial charge in [-0.3, -0.25) is 9.36 Å². The quantitative estimate of drug-likeness (QED) is 0.231. The zero-order chi connectivity index (χ0) is 23.8. The third kappa shape index (κ3) is 6.80. The molecule has 2 aromatic heterocycles. The van der Waals surface area contributed by atoms with E-state index >= 15 is 0 Å². The van der Waals surface area contributed by atoms with Gasteiger partial charge in [0.2, 0.25) is 5.91 Å². The number of hydrogen-bond donors (Lipinski definition) is 1. The molecule has 12 heteroatoms. The normalized spacial score (nSPS) is 10.6. The molecular weight excluding hydrogens is 486 g/mol. The summed E-state index contributed by atoms with van der Waals surface area (Å²) in [5.74, 6) is 0.606. The lowest BCUT2D eigenvalue weighted by Gasteiger charge is -2.09. The molecule has 2 heterocycles. The summed E-state index contributed by atoms with van der Waals surface area (Å²) in [5, 5.41) is 12.6. The molecule has 0 aliphatic carbocycles. The molecule has 0 aliphatic rings. The first-order valence-corrected chi connectivity index (χ1v) is 12.1. The minimum absolute atomic E-state index is 0.0840. The topological polar surface area (TPSA) is 108 Å². The van der Waals surface area contributed by atoms with Crippen molar-refractivity contribution in [3.63, 3.8) is 0 Å². The van der Waals surface area contributed by atoms with Crippen molar-refractivity contribution in [3.8, 4) is 5.75 Å². The van der Waals surface area contributed by atoms with Crippen LogP contribution in [0.5, 0.6) is 5.75 Å². The number of nitrogens with zero attached hydrogens (tertiary/aromatic N) is 4. The Morgan fingerprint density at radius 1 is 1.30 bits per heavy atom. The van der Waals surface area contributed by atoms with Gasteiger partial charge in [-0.25, -0.2) is 9.78 Å². The number of benzene rings is 1. The number of nitrogens with one attached hydrogen (secondary N) is 1. The summed E-state index contributed by atoms with van der Waals surface area (Å²) in [6.45, 7) is 8.13. The van der Waals surface area contributed by atoms with Gasteiger partial charge in [0, 0.05) is 11.6 Å². The summed E-state index contributed by atoms with van der Waals surface area (Å²) in [6, 6.07) is 7.02. The molecule has 1 amide bonds. The smallest absolute Gasteiger partial charge is 0.350 e. The Morgan fingerprint density at radius 2 is 2.06 bits per heavy atom. The highest BCUT2D eigenvalue weighted by Crippen LogP contribution is 2.24. The van der Waals surface area contributed by atoms with E-state index in [2.05, 4.69) is 27.1 Å². The second-order valence-electron chi connectivity index (χ2n) is 6.53. The summed E-state index contributed by atoms with van der Waals surface area (Å²) in [4.78, 5) is 28.9. The minimum Gasteiger partial charge on any atom is -0.486 e. The lowest BCUT2D eigenvalue weighted by Crippen LogP contribution is -2.15. The van der Waals surface area contributed by atoms with Crippen LogP contribution < -0.4 is 10.1 Å². The van der Waals surface area contributed by atoms with E-state index in [1.54, 1.807) is 44.2 Å². The zero-order valence-electron chi connectivity index (χ0n) is 18.0. The largest absolute Gasteiger partial charge is 0.486 e. The number of amides is 1. The molecule has 33 heavy (non-hydrogen) atoms. The Morgan fingerprint density at radius 3 is 2.76 bits per heavy atom. The molecule has 9 nitrogen and oxygen atoms in total. The highest BCUT2D eigenvalue weighted by Gasteiger charge is 2.19. The molecule has 0 spiro atoms. The number of rotatable bonds is 11. The Hall–Kier alpha value is -2.89. The second kappa shape index (κ2) is 11.8. The highest BCUT2D eigenvalue weighted by atomic mass is 35.5. The van der Waals surface area contributed by atoms with E-state index < -0.39 is 5.97 Å². The van der Waals surface area contributed by atoms with E-state index in [4.69, 9.17) is 21.1 Å². The Balaban J connectivity index is 1.59. The number of carbonyl (C=O) groups is 2. The third-order valence-electron chi connectivity index (χ3n) is 4.12. The molecule has 0 bridgehead atoms. The van der Waals surface area contributed by atoms with Crippen LogP contribution in [0.4, 0.5) is 5.13 Å². The summed E-state index contributed by atoms with van der Waals surface area (Å²) < 4.78 is 12.6. The molecule has 1 aromatic carbocycles. The molecule has 0 saturated carbocycles. The average Bonchev–Trinajstić information content (AvgIpc) is 3.35. The van der Waals surface area contributed by atoms with Crippen LogP contribution in [-0.4, -0.2) is 44.0 Å². The summed E-state index contributed by atoms with van der Waals surface area (Å²) >= 11 is 8.20. The molecular formula is C21H22ClN5O4S2. The van der Waals surface area contributed by atoms with E-state index in [9.17, 15) is 9.59 Å². The van der Waals surface area contributed by atoms with E-state index in [0.717, 1.165) is 11.3 Å². The van der Waals surface area contributed by atoms with Gasteiger partial charge in [-0.2, -0.15) is 0 Å². The minimum atomic E-state index is -0.451. The van der Waals surface area contributed by atoms with Gasteiger partial charge in [-0.15, -0.1) is 16.8 Å². The molecule has 0 unspecified atom stereocenters. The number of allylic oxidation sites excluding steroid dienone is 1. The fraction of sp³-hybridized carbons (Fsp3) is 0.286. The lowest BCUT2D eigenvalue weighted by atomic mass is 10.3. The van der Waals surface area contributed by atoms with Crippen LogP contribution in [-0.2, 0) is 22.7 Å². The van der Waals surface area contributed by atoms with Gasteiger partial charge in [0.25, 0.3) is 0 Å². The van der Waals surface area contributed by atoms with Crippen LogP contribution >= 0.6 is 34.7 Å². The van der Waals surface area contributed by atoms with E-state index in [1.165, 1.54) is 11.8 Å². The van der Waals surface area contributed by atoms with Crippen LogP contribution in [0, 0.1) is 6.92 Å². The predicted octanol–water partition coefficient (Wildman–Crippen LogP) is 4.37. The SMILES string of the molecule is C=CCn1c(COc2ccc(Cl)cc2)nnc1SCC(=O)Nc1nc(C)c(C(=O)OCC)s1. The van der Waals surface area contributed by atoms with Crippen LogP contribution in [0.2, 0.25) is 5.02 Å². The number of anilines is 1. The Labute approximate surface area is 204 Å². The van der Waals surface area contributed by atoms with Gasteiger partial charge >= 0.3 is 5.97 Å². The number of thiazole rings is 1. The molecule has 0 aliphatic heterocycles. The molecule has 0 fully saturated rings. The van der Waals surface area contributed by atoms with Crippen LogP contribution in [0.3, 0.4) is 0 Å². The first-order chi connectivity index (χ1) is 15.9. The van der Waals surface area contributed by atoms with Crippen molar-refractivity contribution in [1.29, 1.82) is 0 Å². The van der Waals surface area contributed by atoms with Crippen LogP contribution in [0.1, 0.15) is 28.1 Å². The number of ether oxygens (including phenoxy) is 2. The van der Waals surface area contributed by atoms with Gasteiger partial charge < -0.3 is 14.8 Å². The average molecular weight is 508 g/mol. The molecule has 0 atom stereocenters. The third-order valence-corrected chi connectivity index (χ3v) is 6.39. The predicted molar refractivity (Wildman–Crippen MR) is 128 cm³/mol. The fourth-order valence-electron chi connectivity index (χ4n) is 2.65. The molecule has 0 saturated heterocycles. The number of aryl methyl sites for hydroxylation is 1. The first-order valence-electron chi connectivity index (χ1n) is 9.89. The number of thioether (sulfide) groups is 1. The summed E-state index contributed by atoms with van der Waals surface area (Å²) in [5.41, 5.74) is 0.512. The molecule has 1 N–H and O–H groups in total. The maximum Gasteiger partial charge on any atom is 0.350 e. The Bertz CT molecular complexity index is 1130. The maximum atomic E-state index is 12.4. The van der Waals surface area contributed by atoms with Gasteiger partial charge in [-0.05, 0) is 38.1 Å². The Kier molecular flexibility index (Phi) is 8.87. The molecule has 3 aromatic rings. The van der Waals surface area contributed by atoms with Gasteiger partial charge in [-0.1, -0.05) is 40.8 Å². The van der Waals surface area contributed by atoms with Crippen molar-refractivity contribution in [2.75, 3.05) is 17.7 Å². The van der Waals surface area contributed by atoms with E-state index in [0.29, 0.717) is 44.0 Å². The number of halogens is 1. The first kappa shape index (κ1) is 24.7. The van der Waals surface area contributed by atoms with Crippen molar-refractivity contribution in [2.24, 2.45) is 0 Å². The van der Waals surface area contributed by atoms with Gasteiger partial charge in [0.15, 0.2) is 16.1 Å². The van der Waals surface area contributed by atoms with Crippen molar-refractivity contribution in [1.82, 2.24) is 19.7 Å². The molecule has 174 valence electrons. The summed E-state index contributed by atoms with van der Waals surface area (Å²) in [6.07, 6.45) is 1.72. The van der Waals surface area contributed by atoms with Gasteiger partial charge in [0.05, 0.1) is 18.1 Å². The summed E-state index contributed by atoms with van der Waals surface area (Å²) in [7, 11) is 0. The van der Waals surface area contributed by atoms with Crippen molar-refractivity contribution < 1.29 is 19.1 Å². The maximum absolute atomic E-state index is 12.4. The molecule has 3 rings (SSSR count). The number of esters is 1. The van der Waals surface area contributed by atoms with Crippen molar-refractivity contribution >= 4 is 51.7 Å². The highest BCUT2D eigenvalue weighted by molar-refractivity contribution is 7.99. The van der Waals surface area contributed by atoms with E-state index in [1.807, 2.05) is 4.57 Å². The van der Waals surface area contributed by atoms with Gasteiger partial charge in [0.1, 0.15) is 17.2 Å². The number of aromatic nitrogens is 4. The standard InChI is InChI=1S/C21H22ClN5O4S2/c1-4-10-27-16(11-31-15-8-6-14(22)7-9-15)25-26-21(27)32-12-17(28)24-20-23-13(3)18(33-20)19(29)30-5-2/h4,6-9H,1,5,10-12H2,2-3H3,(H,23,24,28).